The van der Waals surface area contributed by atoms with Crippen LogP contribution in [0.2, 0.25) is 0 Å². The van der Waals surface area contributed by atoms with Crippen molar-refractivity contribution in [1.29, 1.82) is 0 Å². The van der Waals surface area contributed by atoms with Gasteiger partial charge in [0.2, 0.25) is 0 Å². The zero-order valence-corrected chi connectivity index (χ0v) is 15.8. The lowest BCUT2D eigenvalue weighted by Crippen LogP contribution is -2.02. The summed E-state index contributed by atoms with van der Waals surface area (Å²) in [5.41, 5.74) is 6.02. The van der Waals surface area contributed by atoms with Gasteiger partial charge in [0, 0.05) is 16.8 Å². The van der Waals surface area contributed by atoms with Gasteiger partial charge in [0.25, 0.3) is 0 Å². The number of hydrogen-bond donors (Lipinski definition) is 2. The number of allylic oxidation sites excluding steroid dienone is 1. The summed E-state index contributed by atoms with van der Waals surface area (Å²) in [7, 11) is 0. The monoisotopic (exact) mass is 374 g/mol. The van der Waals surface area contributed by atoms with Gasteiger partial charge in [0.05, 0.1) is 11.1 Å². The number of aromatic amines is 1. The molecule has 4 rings (SSSR count). The maximum absolute atomic E-state index is 12.0. The van der Waals surface area contributed by atoms with E-state index >= 15 is 0 Å². The molecule has 2 heterocycles. The van der Waals surface area contributed by atoms with E-state index in [4.69, 9.17) is 0 Å². The number of nitrogens with one attached hydrogen (secondary N) is 2. The molecule has 6 heteroatoms. The normalized spacial score (nSPS) is 14.6. The minimum absolute atomic E-state index is 0.110. The highest BCUT2D eigenvalue weighted by Gasteiger charge is 2.15. The zero-order chi connectivity index (χ0) is 18.8. The van der Waals surface area contributed by atoms with E-state index in [2.05, 4.69) is 46.5 Å². The Kier molecular flexibility index (Phi) is 4.56. The second kappa shape index (κ2) is 7.17. The first-order valence-electron chi connectivity index (χ1n) is 8.56. The van der Waals surface area contributed by atoms with E-state index in [0.717, 1.165) is 38.7 Å². The molecule has 2 N–H and O–H groups in total. The third-order valence-electron chi connectivity index (χ3n) is 4.41. The lowest BCUT2D eigenvalue weighted by Gasteiger charge is -2.08. The maximum Gasteiger partial charge on any atom is 0.306 e. The average molecular weight is 374 g/mol. The van der Waals surface area contributed by atoms with Gasteiger partial charge in [-0.1, -0.05) is 47.7 Å². The Balaban J connectivity index is 1.68. The van der Waals surface area contributed by atoms with Crippen LogP contribution in [0.5, 0.6) is 0 Å². The van der Waals surface area contributed by atoms with Gasteiger partial charge in [0.15, 0.2) is 0 Å². The van der Waals surface area contributed by atoms with E-state index in [9.17, 15) is 4.79 Å². The second-order valence-electron chi connectivity index (χ2n) is 6.34. The number of rotatable bonds is 4. The summed E-state index contributed by atoms with van der Waals surface area (Å²) in [5.74, 6) is 0.675. The van der Waals surface area contributed by atoms with Gasteiger partial charge in [-0.05, 0) is 43.2 Å². The fourth-order valence-corrected chi connectivity index (χ4v) is 3.58. The summed E-state index contributed by atoms with van der Waals surface area (Å²) >= 11 is 1.16. The Labute approximate surface area is 160 Å². The minimum atomic E-state index is -0.110. The molecule has 0 saturated carbocycles. The molecule has 0 spiro atoms. The molecule has 1 aromatic heterocycles. The molecule has 2 aromatic carbocycles. The first kappa shape index (κ1) is 17.2. The molecule has 0 radical (unpaired) electrons. The summed E-state index contributed by atoms with van der Waals surface area (Å²) in [6.45, 7) is 4.14. The highest BCUT2D eigenvalue weighted by Crippen LogP contribution is 2.26. The van der Waals surface area contributed by atoms with Crippen LogP contribution in [0.4, 0.5) is 11.5 Å². The Hall–Kier alpha value is -3.25. The van der Waals surface area contributed by atoms with Crippen LogP contribution in [0.15, 0.2) is 69.1 Å². The van der Waals surface area contributed by atoms with Gasteiger partial charge < -0.3 is 5.32 Å². The Morgan fingerprint density at radius 1 is 1.07 bits per heavy atom. The molecule has 1 aliphatic rings. The minimum Gasteiger partial charge on any atom is -0.341 e. The summed E-state index contributed by atoms with van der Waals surface area (Å²) in [4.78, 5) is 15.6. The zero-order valence-electron chi connectivity index (χ0n) is 15.0. The van der Waals surface area contributed by atoms with E-state index in [1.165, 1.54) is 11.1 Å². The van der Waals surface area contributed by atoms with Crippen LogP contribution in [-0.4, -0.2) is 16.9 Å². The molecule has 0 bridgehead atoms. The van der Waals surface area contributed by atoms with Gasteiger partial charge >= 0.3 is 4.87 Å². The predicted molar refractivity (Wildman–Crippen MR) is 114 cm³/mol. The SMILES string of the molecule is Cc1ccc(Nc2[nH]c(=O)sc2/C=C2\C=NN=C2c2ccccc2)cc1C. The van der Waals surface area contributed by atoms with Crippen molar-refractivity contribution in [2.75, 3.05) is 5.32 Å². The number of hydrogen-bond acceptors (Lipinski definition) is 5. The van der Waals surface area contributed by atoms with Crippen LogP contribution in [0.25, 0.3) is 6.08 Å². The van der Waals surface area contributed by atoms with Crippen LogP contribution in [0, 0.1) is 13.8 Å². The predicted octanol–water partition coefficient (Wildman–Crippen LogP) is 4.67. The van der Waals surface area contributed by atoms with E-state index in [-0.39, 0.29) is 4.87 Å². The molecule has 27 heavy (non-hydrogen) atoms. The Morgan fingerprint density at radius 2 is 1.89 bits per heavy atom. The average Bonchev–Trinajstić information content (AvgIpc) is 3.26. The van der Waals surface area contributed by atoms with Gasteiger partial charge in [-0.25, -0.2) is 0 Å². The van der Waals surface area contributed by atoms with E-state index < -0.39 is 0 Å². The lowest BCUT2D eigenvalue weighted by molar-refractivity contribution is 1.28. The Bertz CT molecular complexity index is 1140. The van der Waals surface area contributed by atoms with Crippen molar-refractivity contribution in [3.05, 3.63) is 85.3 Å². The molecule has 0 atom stereocenters. The first-order valence-corrected chi connectivity index (χ1v) is 9.38. The summed E-state index contributed by atoms with van der Waals surface area (Å²) in [6, 6.07) is 16.0. The number of H-pyrrole nitrogens is 1. The van der Waals surface area contributed by atoms with Crippen molar-refractivity contribution in [3.63, 3.8) is 0 Å². The molecule has 134 valence electrons. The molecule has 0 fully saturated rings. The number of anilines is 2. The van der Waals surface area contributed by atoms with Crippen molar-refractivity contribution in [2.45, 2.75) is 13.8 Å². The smallest absolute Gasteiger partial charge is 0.306 e. The molecular weight excluding hydrogens is 356 g/mol. The number of aromatic nitrogens is 1. The van der Waals surface area contributed by atoms with E-state index in [1.807, 2.05) is 42.5 Å². The molecule has 0 unspecified atom stereocenters. The highest BCUT2D eigenvalue weighted by atomic mass is 32.1. The van der Waals surface area contributed by atoms with E-state index in [1.54, 1.807) is 6.21 Å². The van der Waals surface area contributed by atoms with Gasteiger partial charge in [0.1, 0.15) is 11.5 Å². The summed E-state index contributed by atoms with van der Waals surface area (Å²) < 4.78 is 0. The molecule has 0 amide bonds. The molecule has 1 aliphatic heterocycles. The molecule has 3 aromatic rings. The van der Waals surface area contributed by atoms with Crippen LogP contribution in [0.3, 0.4) is 0 Å². The highest BCUT2D eigenvalue weighted by molar-refractivity contribution is 7.10. The molecular formula is C21H18N4OS. The largest absolute Gasteiger partial charge is 0.341 e. The number of benzene rings is 2. The molecule has 0 saturated heterocycles. The summed E-state index contributed by atoms with van der Waals surface area (Å²) in [5, 5.41) is 11.6. The van der Waals surface area contributed by atoms with Gasteiger partial charge in [-0.3, -0.25) is 9.78 Å². The van der Waals surface area contributed by atoms with E-state index in [0.29, 0.717) is 5.82 Å². The van der Waals surface area contributed by atoms with Gasteiger partial charge in [-0.15, -0.1) is 5.10 Å². The van der Waals surface area contributed by atoms with Crippen LogP contribution in [0.1, 0.15) is 21.6 Å². The second-order valence-corrected chi connectivity index (χ2v) is 7.35. The fourth-order valence-electron chi connectivity index (χ4n) is 2.83. The summed E-state index contributed by atoms with van der Waals surface area (Å²) in [6.07, 6.45) is 3.65. The first-order chi connectivity index (χ1) is 13.1. The van der Waals surface area contributed by atoms with Crippen molar-refractivity contribution in [2.24, 2.45) is 10.2 Å². The lowest BCUT2D eigenvalue weighted by atomic mass is 10.0. The third-order valence-corrected chi connectivity index (χ3v) is 5.24. The van der Waals surface area contributed by atoms with Crippen molar-refractivity contribution < 1.29 is 0 Å². The topological polar surface area (TPSA) is 69.6 Å². The van der Waals surface area contributed by atoms with Crippen molar-refractivity contribution in [3.8, 4) is 0 Å². The van der Waals surface area contributed by atoms with Crippen LogP contribution < -0.4 is 10.2 Å². The molecule has 5 nitrogen and oxygen atoms in total. The standard InChI is InChI=1S/C21H18N4OS/c1-13-8-9-17(10-14(13)2)23-20-18(27-21(26)24-20)11-16-12-22-25-19(16)15-6-4-3-5-7-15/h3-12,23H,1-2H3,(H,24,26)/b16-11+. The van der Waals surface area contributed by atoms with Crippen molar-refractivity contribution in [1.82, 2.24) is 4.98 Å². The van der Waals surface area contributed by atoms with Crippen LogP contribution in [-0.2, 0) is 0 Å². The fraction of sp³-hybridized carbons (Fsp3) is 0.0952. The Morgan fingerprint density at radius 3 is 2.67 bits per heavy atom. The number of aryl methyl sites for hydroxylation is 2. The molecule has 0 aliphatic carbocycles. The quantitative estimate of drug-likeness (QED) is 0.697. The van der Waals surface area contributed by atoms with Crippen molar-refractivity contribution >= 4 is 40.8 Å². The number of nitrogens with zero attached hydrogens (tertiary/aromatic N) is 2. The van der Waals surface area contributed by atoms with Gasteiger partial charge in [-0.2, -0.15) is 5.10 Å². The maximum atomic E-state index is 12.0. The number of thiazole rings is 1. The third kappa shape index (κ3) is 3.66. The van der Waals surface area contributed by atoms with Crippen LogP contribution >= 0.6 is 11.3 Å².